The molecule has 0 aliphatic carbocycles. The first kappa shape index (κ1) is 35.8. The highest BCUT2D eigenvalue weighted by atomic mass is 15.0. The molecule has 11 aromatic rings. The SMILES string of the molecule is c1ccc(-c2ccc(-c3nc(-c4ccccc4)nc(-c4cc(-c5cccc(-c6c(-c7ccccc7)nc7ccccn67)c5)cc(-c5cccc6ccccc56)c4)n3)cc2)cc1. The van der Waals surface area contributed by atoms with E-state index in [4.69, 9.17) is 19.9 Å². The summed E-state index contributed by atoms with van der Waals surface area (Å²) in [4.78, 5) is 20.6. The first-order valence-electron chi connectivity index (χ1n) is 20.5. The van der Waals surface area contributed by atoms with Gasteiger partial charge in [0.05, 0.1) is 11.4 Å². The molecule has 5 heteroatoms. The Bertz CT molecular complexity index is 3330. The molecule has 0 spiro atoms. The zero-order chi connectivity index (χ0) is 40.5. The second kappa shape index (κ2) is 15.5. The lowest BCUT2D eigenvalue weighted by atomic mass is 9.92. The smallest absolute Gasteiger partial charge is 0.164 e. The van der Waals surface area contributed by atoms with Crippen LogP contribution in [0.2, 0.25) is 0 Å². The lowest BCUT2D eigenvalue weighted by Gasteiger charge is -2.14. The lowest BCUT2D eigenvalue weighted by molar-refractivity contribution is 1.07. The molecule has 0 N–H and O–H groups in total. The third kappa shape index (κ3) is 6.94. The van der Waals surface area contributed by atoms with Gasteiger partial charge in [-0.25, -0.2) is 19.9 Å². The first-order chi connectivity index (χ1) is 30.2. The zero-order valence-corrected chi connectivity index (χ0v) is 33.1. The third-order valence-electron chi connectivity index (χ3n) is 11.3. The van der Waals surface area contributed by atoms with E-state index in [0.29, 0.717) is 17.5 Å². The van der Waals surface area contributed by atoms with Gasteiger partial charge in [0.25, 0.3) is 0 Å². The van der Waals surface area contributed by atoms with E-state index in [1.54, 1.807) is 0 Å². The van der Waals surface area contributed by atoms with Gasteiger partial charge in [-0.15, -0.1) is 0 Å². The van der Waals surface area contributed by atoms with Gasteiger partial charge in [-0.1, -0.05) is 182 Å². The minimum atomic E-state index is 0.601. The van der Waals surface area contributed by atoms with Crippen LogP contribution >= 0.6 is 0 Å². The predicted octanol–water partition coefficient (Wildman–Crippen LogP) is 14.0. The van der Waals surface area contributed by atoms with Crippen molar-refractivity contribution in [3.63, 3.8) is 0 Å². The third-order valence-corrected chi connectivity index (χ3v) is 11.3. The monoisotopic (exact) mass is 779 g/mol. The molecule has 3 aromatic heterocycles. The molecule has 0 fully saturated rings. The Balaban J connectivity index is 1.11. The van der Waals surface area contributed by atoms with Crippen LogP contribution in [0.15, 0.2) is 225 Å². The molecule has 0 unspecified atom stereocenters. The molecular weight excluding hydrogens is 743 g/mol. The van der Waals surface area contributed by atoms with E-state index in [2.05, 4.69) is 193 Å². The number of rotatable bonds is 8. The van der Waals surface area contributed by atoms with Gasteiger partial charge in [-0.05, 0) is 80.6 Å². The van der Waals surface area contributed by atoms with Gasteiger partial charge in [0.2, 0.25) is 0 Å². The van der Waals surface area contributed by atoms with E-state index in [1.807, 2.05) is 36.4 Å². The van der Waals surface area contributed by atoms with E-state index < -0.39 is 0 Å². The van der Waals surface area contributed by atoms with Crippen LogP contribution in [-0.2, 0) is 0 Å². The number of imidazole rings is 1. The van der Waals surface area contributed by atoms with Gasteiger partial charge in [-0.3, -0.25) is 4.40 Å². The number of aromatic nitrogens is 5. The maximum atomic E-state index is 5.24. The topological polar surface area (TPSA) is 56.0 Å². The minimum absolute atomic E-state index is 0.601. The van der Waals surface area contributed by atoms with Crippen molar-refractivity contribution in [1.29, 1.82) is 0 Å². The van der Waals surface area contributed by atoms with Crippen LogP contribution < -0.4 is 0 Å². The van der Waals surface area contributed by atoms with Crippen LogP contribution in [0.1, 0.15) is 0 Å². The second-order valence-corrected chi connectivity index (χ2v) is 15.1. The molecule has 5 nitrogen and oxygen atoms in total. The van der Waals surface area contributed by atoms with Crippen molar-refractivity contribution in [2.24, 2.45) is 0 Å². The molecule has 0 atom stereocenters. The van der Waals surface area contributed by atoms with Crippen LogP contribution in [0.4, 0.5) is 0 Å². The Morgan fingerprint density at radius 1 is 0.295 bits per heavy atom. The Morgan fingerprint density at radius 3 is 1.54 bits per heavy atom. The Hall–Kier alpha value is -8.28. The van der Waals surface area contributed by atoms with Crippen LogP contribution in [0.25, 0.3) is 106 Å². The lowest BCUT2D eigenvalue weighted by Crippen LogP contribution is -2.00. The molecule has 0 aliphatic rings. The molecule has 8 aromatic carbocycles. The van der Waals surface area contributed by atoms with Gasteiger partial charge in [0, 0.05) is 34.0 Å². The van der Waals surface area contributed by atoms with Crippen molar-refractivity contribution in [2.45, 2.75) is 0 Å². The molecular formula is C56H37N5. The number of pyridine rings is 1. The van der Waals surface area contributed by atoms with E-state index in [0.717, 1.165) is 78.2 Å². The largest absolute Gasteiger partial charge is 0.299 e. The maximum absolute atomic E-state index is 5.24. The molecule has 0 aliphatic heterocycles. The van der Waals surface area contributed by atoms with Gasteiger partial charge < -0.3 is 0 Å². The quantitative estimate of drug-likeness (QED) is 0.154. The van der Waals surface area contributed by atoms with E-state index >= 15 is 0 Å². The van der Waals surface area contributed by atoms with E-state index in [-0.39, 0.29) is 0 Å². The molecule has 3 heterocycles. The average molecular weight is 780 g/mol. The molecule has 0 amide bonds. The number of hydrogen-bond donors (Lipinski definition) is 0. The molecule has 61 heavy (non-hydrogen) atoms. The van der Waals surface area contributed by atoms with Gasteiger partial charge in [-0.2, -0.15) is 0 Å². The fourth-order valence-electron chi connectivity index (χ4n) is 8.26. The summed E-state index contributed by atoms with van der Waals surface area (Å²) in [6.45, 7) is 0. The summed E-state index contributed by atoms with van der Waals surface area (Å²) < 4.78 is 2.18. The predicted molar refractivity (Wildman–Crippen MR) is 250 cm³/mol. The number of fused-ring (bicyclic) bond motifs is 2. The van der Waals surface area contributed by atoms with Gasteiger partial charge in [0.1, 0.15) is 5.65 Å². The van der Waals surface area contributed by atoms with Crippen molar-refractivity contribution in [3.05, 3.63) is 225 Å². The fourth-order valence-corrected chi connectivity index (χ4v) is 8.26. The Kier molecular flexibility index (Phi) is 9.10. The van der Waals surface area contributed by atoms with Gasteiger partial charge >= 0.3 is 0 Å². The summed E-state index contributed by atoms with van der Waals surface area (Å²) in [5.74, 6) is 1.83. The first-order valence-corrected chi connectivity index (χ1v) is 20.5. The van der Waals surface area contributed by atoms with Crippen molar-refractivity contribution < 1.29 is 0 Å². The summed E-state index contributed by atoms with van der Waals surface area (Å²) in [5.41, 5.74) is 14.4. The average Bonchev–Trinajstić information content (AvgIpc) is 3.74. The van der Waals surface area contributed by atoms with Crippen molar-refractivity contribution in [3.8, 4) is 90.1 Å². The van der Waals surface area contributed by atoms with Crippen molar-refractivity contribution in [1.82, 2.24) is 24.3 Å². The highest BCUT2D eigenvalue weighted by Crippen LogP contribution is 2.39. The van der Waals surface area contributed by atoms with Crippen molar-refractivity contribution in [2.75, 3.05) is 0 Å². The Morgan fingerprint density at radius 2 is 0.787 bits per heavy atom. The highest BCUT2D eigenvalue weighted by molar-refractivity contribution is 5.98. The highest BCUT2D eigenvalue weighted by Gasteiger charge is 2.19. The molecule has 286 valence electrons. The van der Waals surface area contributed by atoms with Crippen molar-refractivity contribution >= 4 is 16.4 Å². The summed E-state index contributed by atoms with van der Waals surface area (Å²) in [5, 5.41) is 2.36. The van der Waals surface area contributed by atoms with Crippen LogP contribution in [0.5, 0.6) is 0 Å². The summed E-state index contributed by atoms with van der Waals surface area (Å²) >= 11 is 0. The van der Waals surface area contributed by atoms with Crippen LogP contribution in [0.3, 0.4) is 0 Å². The number of nitrogens with zero attached hydrogens (tertiary/aromatic N) is 5. The number of benzene rings is 8. The molecule has 11 rings (SSSR count). The van der Waals surface area contributed by atoms with Gasteiger partial charge in [0.15, 0.2) is 17.5 Å². The molecule has 0 radical (unpaired) electrons. The fraction of sp³-hybridized carbons (Fsp3) is 0. The van der Waals surface area contributed by atoms with Crippen LogP contribution in [0, 0.1) is 0 Å². The molecule has 0 bridgehead atoms. The maximum Gasteiger partial charge on any atom is 0.164 e. The number of hydrogen-bond acceptors (Lipinski definition) is 4. The van der Waals surface area contributed by atoms with E-state index in [9.17, 15) is 0 Å². The summed E-state index contributed by atoms with van der Waals surface area (Å²) in [6.07, 6.45) is 2.09. The van der Waals surface area contributed by atoms with E-state index in [1.165, 1.54) is 10.8 Å². The Labute approximate surface area is 354 Å². The zero-order valence-electron chi connectivity index (χ0n) is 33.1. The van der Waals surface area contributed by atoms with Crippen LogP contribution in [-0.4, -0.2) is 24.3 Å². The standard InChI is InChI=1S/C56H37N5/c1-4-16-38(17-5-1)39-29-31-43(32-30-39)55-58-54(42-21-8-3-9-22-42)59-56(60-55)48-36-46(35-47(37-48)50-27-15-23-40-18-10-11-26-49(40)50)44-24-14-25-45(34-44)53-52(41-19-6-2-7-20-41)57-51-28-12-13-33-61(51)53/h1-37H. The molecule has 0 saturated heterocycles. The molecule has 0 saturated carbocycles. The summed E-state index contributed by atoms with van der Waals surface area (Å²) in [7, 11) is 0. The second-order valence-electron chi connectivity index (χ2n) is 15.1. The summed E-state index contributed by atoms with van der Waals surface area (Å²) in [6, 6.07) is 76.2. The normalized spacial score (nSPS) is 11.3. The minimum Gasteiger partial charge on any atom is -0.299 e.